The predicted octanol–water partition coefficient (Wildman–Crippen LogP) is 17.0. The smallest absolute Gasteiger partial charge is 0.0782 e. The molecule has 0 bridgehead atoms. The van der Waals surface area contributed by atoms with Crippen molar-refractivity contribution in [3.8, 4) is 5.69 Å². The first kappa shape index (κ1) is 39.0. The Kier molecular flexibility index (Phi) is 10.6. The second-order valence-electron chi connectivity index (χ2n) is 17.9. The van der Waals surface area contributed by atoms with Crippen molar-refractivity contribution in [3.63, 3.8) is 0 Å². The Balaban J connectivity index is 0.976. The Labute approximate surface area is 372 Å². The molecule has 11 rings (SSSR count). The number of fused-ring (bicyclic) bond motifs is 3. The Bertz CT molecular complexity index is 2920. The first-order chi connectivity index (χ1) is 31.2. The third kappa shape index (κ3) is 7.30. The van der Waals surface area contributed by atoms with Crippen LogP contribution in [0.4, 0.5) is 34.1 Å². The van der Waals surface area contributed by atoms with E-state index < -0.39 is 0 Å². The van der Waals surface area contributed by atoms with Crippen LogP contribution in [0.2, 0.25) is 0 Å². The molecule has 8 aromatic carbocycles. The number of nitrogens with zero attached hydrogens (tertiary/aromatic N) is 3. The van der Waals surface area contributed by atoms with E-state index in [0.29, 0.717) is 5.92 Å². The maximum atomic E-state index is 2.45. The molecule has 2 fully saturated rings. The summed E-state index contributed by atoms with van der Waals surface area (Å²) in [7, 11) is 0. The van der Waals surface area contributed by atoms with Crippen LogP contribution >= 0.6 is 0 Å². The summed E-state index contributed by atoms with van der Waals surface area (Å²) in [6.07, 6.45) is 12.8. The lowest BCUT2D eigenvalue weighted by atomic mass is 9.65. The van der Waals surface area contributed by atoms with Crippen molar-refractivity contribution >= 4 is 55.9 Å². The maximum Gasteiger partial charge on any atom is 0.0782 e. The minimum Gasteiger partial charge on any atom is -0.311 e. The summed E-state index contributed by atoms with van der Waals surface area (Å²) >= 11 is 0. The van der Waals surface area contributed by atoms with Gasteiger partial charge in [0.2, 0.25) is 0 Å². The molecule has 0 unspecified atom stereocenters. The SMILES string of the molecule is c1ccc(N(c2ccc(C3CCCCC3)cc2)c2ccc(C3(c4ccc(N(c5ccccc5)c5cccc6c7ccccc7n(-c7ccccc7)c56)cc4)CCCCC3)cc2)cc1. The van der Waals surface area contributed by atoms with Crippen molar-refractivity contribution in [3.05, 3.63) is 223 Å². The van der Waals surface area contributed by atoms with Gasteiger partial charge < -0.3 is 14.4 Å². The molecule has 0 aliphatic heterocycles. The van der Waals surface area contributed by atoms with E-state index in [1.54, 1.807) is 0 Å². The predicted molar refractivity (Wildman–Crippen MR) is 266 cm³/mol. The maximum absolute atomic E-state index is 2.45. The molecule has 310 valence electrons. The highest BCUT2D eigenvalue weighted by atomic mass is 15.2. The molecule has 2 aliphatic carbocycles. The van der Waals surface area contributed by atoms with Gasteiger partial charge in [-0.2, -0.15) is 0 Å². The normalized spacial score (nSPS) is 15.4. The van der Waals surface area contributed by atoms with Gasteiger partial charge in [0.25, 0.3) is 0 Å². The number of anilines is 6. The minimum atomic E-state index is -0.0497. The second-order valence-corrected chi connectivity index (χ2v) is 17.9. The number of aromatic nitrogens is 1. The summed E-state index contributed by atoms with van der Waals surface area (Å²) < 4.78 is 2.44. The lowest BCUT2D eigenvalue weighted by Gasteiger charge is -2.39. The fourth-order valence-corrected chi connectivity index (χ4v) is 11.1. The van der Waals surface area contributed by atoms with Gasteiger partial charge in [-0.25, -0.2) is 0 Å². The van der Waals surface area contributed by atoms with E-state index in [1.807, 2.05) is 0 Å². The highest BCUT2D eigenvalue weighted by molar-refractivity contribution is 6.14. The van der Waals surface area contributed by atoms with Crippen LogP contribution in [-0.2, 0) is 5.41 Å². The molecule has 0 radical (unpaired) electrons. The molecule has 0 saturated heterocycles. The van der Waals surface area contributed by atoms with E-state index in [1.165, 1.54) is 107 Å². The average molecular weight is 818 g/mol. The van der Waals surface area contributed by atoms with Gasteiger partial charge in [-0.3, -0.25) is 0 Å². The summed E-state index contributed by atoms with van der Waals surface area (Å²) in [5.41, 5.74) is 14.8. The number of hydrogen-bond acceptors (Lipinski definition) is 2. The minimum absolute atomic E-state index is 0.0497. The fourth-order valence-electron chi connectivity index (χ4n) is 11.1. The van der Waals surface area contributed by atoms with Gasteiger partial charge in [0.05, 0.1) is 16.7 Å². The van der Waals surface area contributed by atoms with Crippen LogP contribution in [0.1, 0.15) is 86.8 Å². The lowest BCUT2D eigenvalue weighted by Crippen LogP contribution is -2.30. The van der Waals surface area contributed by atoms with Gasteiger partial charge in [-0.15, -0.1) is 0 Å². The van der Waals surface area contributed by atoms with E-state index in [-0.39, 0.29) is 5.41 Å². The summed E-state index contributed by atoms with van der Waals surface area (Å²) in [4.78, 5) is 4.87. The number of hydrogen-bond donors (Lipinski definition) is 0. The molecule has 1 heterocycles. The Morgan fingerprint density at radius 1 is 0.381 bits per heavy atom. The molecule has 0 amide bonds. The van der Waals surface area contributed by atoms with Crippen molar-refractivity contribution in [1.29, 1.82) is 0 Å². The zero-order valence-electron chi connectivity index (χ0n) is 36.1. The van der Waals surface area contributed by atoms with E-state index in [0.717, 1.165) is 35.6 Å². The molecule has 0 N–H and O–H groups in total. The zero-order valence-corrected chi connectivity index (χ0v) is 36.1. The Hall–Kier alpha value is -6.84. The molecule has 3 nitrogen and oxygen atoms in total. The van der Waals surface area contributed by atoms with E-state index in [9.17, 15) is 0 Å². The summed E-state index contributed by atoms with van der Waals surface area (Å²) in [6.45, 7) is 0. The van der Waals surface area contributed by atoms with E-state index in [4.69, 9.17) is 0 Å². The Morgan fingerprint density at radius 3 is 1.48 bits per heavy atom. The van der Waals surface area contributed by atoms with Gasteiger partial charge >= 0.3 is 0 Å². The summed E-state index contributed by atoms with van der Waals surface area (Å²) in [5.74, 6) is 0.696. The molecule has 9 aromatic rings. The first-order valence-electron chi connectivity index (χ1n) is 23.3. The van der Waals surface area contributed by atoms with Crippen molar-refractivity contribution in [2.24, 2.45) is 0 Å². The Morgan fingerprint density at radius 2 is 0.857 bits per heavy atom. The third-order valence-electron chi connectivity index (χ3n) is 14.2. The van der Waals surface area contributed by atoms with Crippen molar-refractivity contribution in [2.75, 3.05) is 9.80 Å². The molecule has 0 spiro atoms. The molecule has 2 aliphatic rings. The van der Waals surface area contributed by atoms with Crippen LogP contribution in [0.3, 0.4) is 0 Å². The number of rotatable bonds is 10. The molecule has 2 saturated carbocycles. The van der Waals surface area contributed by atoms with Crippen molar-refractivity contribution < 1.29 is 0 Å². The summed E-state index contributed by atoms with van der Waals surface area (Å²) in [6, 6.07) is 76.8. The quantitative estimate of drug-likeness (QED) is 0.136. The molecular formula is C60H55N3. The van der Waals surface area contributed by atoms with Crippen molar-refractivity contribution in [1.82, 2.24) is 4.57 Å². The van der Waals surface area contributed by atoms with Crippen molar-refractivity contribution in [2.45, 2.75) is 75.5 Å². The number of para-hydroxylation sites is 5. The fraction of sp³-hybridized carbons (Fsp3) is 0.200. The van der Waals surface area contributed by atoms with Crippen LogP contribution in [0, 0.1) is 0 Å². The van der Waals surface area contributed by atoms with Crippen LogP contribution in [0.15, 0.2) is 206 Å². The first-order valence-corrected chi connectivity index (χ1v) is 23.3. The standard InChI is InChI=1S/C60H55N3/c1-6-19-45(20-7-1)46-31-37-52(38-32-46)61(49-21-8-2-9-22-49)53-39-33-47(34-40-53)60(43-16-5-17-44-60)48-35-41-54(42-36-48)62(50-23-10-3-11-24-50)58-30-18-28-56-55-27-14-15-29-57(55)63(59(56)58)51-25-12-4-13-26-51/h2-4,8-15,18,21-42,45H,1,5-7,16-17,19-20,43-44H2. The average Bonchev–Trinajstić information content (AvgIpc) is 3.71. The zero-order chi connectivity index (χ0) is 42.0. The van der Waals surface area contributed by atoms with Crippen LogP contribution in [0.25, 0.3) is 27.5 Å². The van der Waals surface area contributed by atoms with Gasteiger partial charge in [0, 0.05) is 50.3 Å². The molecule has 3 heteroatoms. The second kappa shape index (κ2) is 17.1. The van der Waals surface area contributed by atoms with Gasteiger partial charge in [-0.1, -0.05) is 160 Å². The largest absolute Gasteiger partial charge is 0.311 e. The van der Waals surface area contributed by atoms with Crippen LogP contribution in [0.5, 0.6) is 0 Å². The van der Waals surface area contributed by atoms with Gasteiger partial charge in [0.15, 0.2) is 0 Å². The highest BCUT2D eigenvalue weighted by Crippen LogP contribution is 2.48. The van der Waals surface area contributed by atoms with E-state index in [2.05, 4.69) is 221 Å². The molecule has 0 atom stereocenters. The number of benzene rings is 8. The molecular weight excluding hydrogens is 763 g/mol. The van der Waals surface area contributed by atoms with Gasteiger partial charge in [-0.05, 0) is 133 Å². The molecule has 1 aromatic heterocycles. The summed E-state index contributed by atoms with van der Waals surface area (Å²) in [5, 5.41) is 2.50. The van der Waals surface area contributed by atoms with Crippen LogP contribution in [-0.4, -0.2) is 4.57 Å². The lowest BCUT2D eigenvalue weighted by molar-refractivity contribution is 0.346. The van der Waals surface area contributed by atoms with Crippen LogP contribution < -0.4 is 9.80 Å². The molecule has 63 heavy (non-hydrogen) atoms. The topological polar surface area (TPSA) is 11.4 Å². The van der Waals surface area contributed by atoms with Gasteiger partial charge in [0.1, 0.15) is 0 Å². The highest BCUT2D eigenvalue weighted by Gasteiger charge is 2.36. The van der Waals surface area contributed by atoms with E-state index >= 15 is 0 Å². The third-order valence-corrected chi connectivity index (χ3v) is 14.2. The monoisotopic (exact) mass is 817 g/mol.